The lowest BCUT2D eigenvalue weighted by atomic mass is 10.1. The third-order valence-electron chi connectivity index (χ3n) is 4.24. The summed E-state index contributed by atoms with van der Waals surface area (Å²) >= 11 is 6.24. The van der Waals surface area contributed by atoms with E-state index >= 15 is 0 Å². The van der Waals surface area contributed by atoms with E-state index in [4.69, 9.17) is 16.1 Å². The van der Waals surface area contributed by atoms with Gasteiger partial charge in [-0.1, -0.05) is 28.9 Å². The Morgan fingerprint density at radius 1 is 1.21 bits per heavy atom. The van der Waals surface area contributed by atoms with Crippen LogP contribution in [0.1, 0.15) is 34.9 Å². The Hall–Kier alpha value is -3.32. The van der Waals surface area contributed by atoms with E-state index in [2.05, 4.69) is 25.4 Å². The third-order valence-corrected chi connectivity index (χ3v) is 4.55. The maximum Gasteiger partial charge on any atom is 0.252 e. The summed E-state index contributed by atoms with van der Waals surface area (Å²) in [5, 5.41) is 8.04. The number of benzene rings is 1. The molecule has 7 nitrogen and oxygen atoms in total. The molecule has 0 unspecified atom stereocenters. The van der Waals surface area contributed by atoms with Crippen LogP contribution in [-0.2, 0) is 0 Å². The molecule has 0 aliphatic carbocycles. The van der Waals surface area contributed by atoms with Crippen LogP contribution in [0.25, 0.3) is 22.3 Å². The molecule has 140 valence electrons. The van der Waals surface area contributed by atoms with Gasteiger partial charge in [0.1, 0.15) is 6.04 Å². The lowest BCUT2D eigenvalue weighted by Crippen LogP contribution is -2.27. The van der Waals surface area contributed by atoms with Crippen LogP contribution in [0, 0.1) is 6.92 Å². The molecule has 3 heterocycles. The normalized spacial score (nSPS) is 12.1. The molecule has 28 heavy (non-hydrogen) atoms. The molecular formula is C20H16ClN5O2. The molecule has 0 radical (unpaired) electrons. The van der Waals surface area contributed by atoms with Crippen molar-refractivity contribution in [3.8, 4) is 11.4 Å². The molecule has 0 spiro atoms. The van der Waals surface area contributed by atoms with Crippen LogP contribution in [-0.4, -0.2) is 26.0 Å². The third kappa shape index (κ3) is 3.44. The van der Waals surface area contributed by atoms with Crippen molar-refractivity contribution in [1.29, 1.82) is 0 Å². The van der Waals surface area contributed by atoms with Gasteiger partial charge in [0, 0.05) is 29.0 Å². The number of aryl methyl sites for hydroxylation is 1. The molecule has 0 bridgehead atoms. The summed E-state index contributed by atoms with van der Waals surface area (Å²) in [6, 6.07) is 10.2. The summed E-state index contributed by atoms with van der Waals surface area (Å²) in [5.41, 5.74) is 2.53. The number of pyridine rings is 2. The Kier molecular flexibility index (Phi) is 4.75. The quantitative estimate of drug-likeness (QED) is 0.560. The molecule has 1 amide bonds. The van der Waals surface area contributed by atoms with E-state index in [1.807, 2.05) is 19.1 Å². The SMILES string of the molecule is Cc1cc(C(=O)N[C@@H](C)c2nc(-c3cccnc3)no2)c2cccc(Cl)c2n1. The number of hydrogen-bond acceptors (Lipinski definition) is 6. The zero-order chi connectivity index (χ0) is 19.7. The number of carbonyl (C=O) groups is 1. The Morgan fingerprint density at radius 3 is 2.86 bits per heavy atom. The minimum atomic E-state index is -0.479. The van der Waals surface area contributed by atoms with E-state index in [1.165, 1.54) is 0 Å². The van der Waals surface area contributed by atoms with Crippen molar-refractivity contribution in [2.24, 2.45) is 0 Å². The van der Waals surface area contributed by atoms with E-state index in [0.717, 1.165) is 5.56 Å². The standard InChI is InChI=1S/C20H16ClN5O2/c1-11-9-15(14-6-3-7-16(21)17(14)23-11)19(27)24-12(2)20-25-18(26-28-20)13-5-4-8-22-10-13/h3-10,12H,1-2H3,(H,24,27)/t12-/m0/s1. The highest BCUT2D eigenvalue weighted by molar-refractivity contribution is 6.35. The summed E-state index contributed by atoms with van der Waals surface area (Å²) in [5.74, 6) is 0.452. The summed E-state index contributed by atoms with van der Waals surface area (Å²) in [6.07, 6.45) is 3.31. The van der Waals surface area contributed by atoms with Crippen LogP contribution in [0.15, 0.2) is 53.3 Å². The second-order valence-electron chi connectivity index (χ2n) is 6.34. The van der Waals surface area contributed by atoms with Gasteiger partial charge in [0.25, 0.3) is 5.91 Å². The van der Waals surface area contributed by atoms with Crippen molar-refractivity contribution in [2.45, 2.75) is 19.9 Å². The smallest absolute Gasteiger partial charge is 0.252 e. The molecule has 1 N–H and O–H groups in total. The van der Waals surface area contributed by atoms with Gasteiger partial charge in [-0.15, -0.1) is 0 Å². The van der Waals surface area contributed by atoms with Gasteiger partial charge in [-0.05, 0) is 38.1 Å². The van der Waals surface area contributed by atoms with Crippen molar-refractivity contribution >= 4 is 28.4 Å². The lowest BCUT2D eigenvalue weighted by Gasteiger charge is -2.12. The van der Waals surface area contributed by atoms with E-state index < -0.39 is 6.04 Å². The zero-order valence-corrected chi connectivity index (χ0v) is 15.9. The highest BCUT2D eigenvalue weighted by atomic mass is 35.5. The van der Waals surface area contributed by atoms with Gasteiger partial charge in [-0.3, -0.25) is 14.8 Å². The Balaban J connectivity index is 1.60. The van der Waals surface area contributed by atoms with Crippen molar-refractivity contribution in [1.82, 2.24) is 25.4 Å². The minimum absolute atomic E-state index is 0.272. The first-order chi connectivity index (χ1) is 13.5. The van der Waals surface area contributed by atoms with Crippen LogP contribution < -0.4 is 5.32 Å². The number of halogens is 1. The monoisotopic (exact) mass is 393 g/mol. The number of carbonyl (C=O) groups excluding carboxylic acids is 1. The van der Waals surface area contributed by atoms with Crippen LogP contribution in [0.4, 0.5) is 0 Å². The molecule has 0 aliphatic rings. The van der Waals surface area contributed by atoms with Crippen LogP contribution in [0.3, 0.4) is 0 Å². The Morgan fingerprint density at radius 2 is 2.07 bits per heavy atom. The predicted molar refractivity (Wildman–Crippen MR) is 105 cm³/mol. The number of nitrogens with zero attached hydrogens (tertiary/aromatic N) is 4. The maximum atomic E-state index is 12.9. The molecule has 0 saturated carbocycles. The molecule has 0 aliphatic heterocycles. The zero-order valence-electron chi connectivity index (χ0n) is 15.2. The predicted octanol–water partition coefficient (Wildman–Crippen LogP) is 4.13. The number of nitrogens with one attached hydrogen (secondary N) is 1. The second-order valence-corrected chi connectivity index (χ2v) is 6.75. The molecule has 0 fully saturated rings. The number of para-hydroxylation sites is 1. The molecule has 1 atom stereocenters. The average molecular weight is 394 g/mol. The van der Waals surface area contributed by atoms with Gasteiger partial charge in [-0.2, -0.15) is 4.98 Å². The first-order valence-corrected chi connectivity index (χ1v) is 9.01. The Bertz CT molecular complexity index is 1160. The van der Waals surface area contributed by atoms with Gasteiger partial charge in [0.15, 0.2) is 0 Å². The number of rotatable bonds is 4. The fourth-order valence-corrected chi connectivity index (χ4v) is 3.11. The second kappa shape index (κ2) is 7.36. The fourth-order valence-electron chi connectivity index (χ4n) is 2.89. The average Bonchev–Trinajstić information content (AvgIpc) is 3.19. The number of hydrogen-bond donors (Lipinski definition) is 1. The van der Waals surface area contributed by atoms with Crippen LogP contribution >= 0.6 is 11.6 Å². The highest BCUT2D eigenvalue weighted by Gasteiger charge is 2.20. The van der Waals surface area contributed by atoms with Crippen LogP contribution in [0.5, 0.6) is 0 Å². The highest BCUT2D eigenvalue weighted by Crippen LogP contribution is 2.26. The maximum absolute atomic E-state index is 12.9. The Labute approximate surface area is 165 Å². The van der Waals surface area contributed by atoms with Gasteiger partial charge in [0.05, 0.1) is 16.1 Å². The molecule has 4 aromatic rings. The first-order valence-electron chi connectivity index (χ1n) is 8.63. The van der Waals surface area contributed by atoms with Crippen molar-refractivity contribution in [3.63, 3.8) is 0 Å². The van der Waals surface area contributed by atoms with Crippen molar-refractivity contribution < 1.29 is 9.32 Å². The molecule has 8 heteroatoms. The summed E-state index contributed by atoms with van der Waals surface area (Å²) in [4.78, 5) is 25.7. The minimum Gasteiger partial charge on any atom is -0.340 e. The molecule has 0 saturated heterocycles. The summed E-state index contributed by atoms with van der Waals surface area (Å²) < 4.78 is 5.31. The van der Waals surface area contributed by atoms with Gasteiger partial charge in [-0.25, -0.2) is 0 Å². The van der Waals surface area contributed by atoms with Crippen molar-refractivity contribution in [3.05, 3.63) is 71.0 Å². The topological polar surface area (TPSA) is 93.8 Å². The van der Waals surface area contributed by atoms with E-state index in [1.54, 1.807) is 43.6 Å². The summed E-state index contributed by atoms with van der Waals surface area (Å²) in [6.45, 7) is 3.60. The summed E-state index contributed by atoms with van der Waals surface area (Å²) in [7, 11) is 0. The number of aromatic nitrogens is 4. The van der Waals surface area contributed by atoms with E-state index in [9.17, 15) is 4.79 Å². The van der Waals surface area contributed by atoms with Gasteiger partial charge in [0.2, 0.25) is 11.7 Å². The van der Waals surface area contributed by atoms with Gasteiger partial charge < -0.3 is 9.84 Å². The largest absolute Gasteiger partial charge is 0.340 e. The van der Waals surface area contributed by atoms with E-state index in [0.29, 0.717) is 38.9 Å². The molecule has 4 rings (SSSR count). The van der Waals surface area contributed by atoms with Gasteiger partial charge >= 0.3 is 0 Å². The first kappa shape index (κ1) is 18.1. The number of fused-ring (bicyclic) bond motifs is 1. The fraction of sp³-hybridized carbons (Fsp3) is 0.150. The molecular weight excluding hydrogens is 378 g/mol. The number of amides is 1. The van der Waals surface area contributed by atoms with E-state index in [-0.39, 0.29) is 5.91 Å². The van der Waals surface area contributed by atoms with Crippen LogP contribution in [0.2, 0.25) is 5.02 Å². The molecule has 1 aromatic carbocycles. The van der Waals surface area contributed by atoms with Crippen molar-refractivity contribution in [2.75, 3.05) is 0 Å². The lowest BCUT2D eigenvalue weighted by molar-refractivity contribution is 0.0934. The molecule has 3 aromatic heterocycles.